The van der Waals surface area contributed by atoms with Crippen molar-refractivity contribution in [3.8, 4) is 0 Å². The highest BCUT2D eigenvalue weighted by atomic mass is 32.2. The van der Waals surface area contributed by atoms with Gasteiger partial charge in [0.15, 0.2) is 6.10 Å². The summed E-state index contributed by atoms with van der Waals surface area (Å²) >= 11 is 1.40. The molecule has 4 nitrogen and oxygen atoms in total. The van der Waals surface area contributed by atoms with E-state index < -0.39 is 12.1 Å². The van der Waals surface area contributed by atoms with Gasteiger partial charge in [0.1, 0.15) is 5.25 Å². The maximum atomic E-state index is 12.1. The molecule has 0 aromatic heterocycles. The average molecular weight is 343 g/mol. The second-order valence-electron chi connectivity index (χ2n) is 5.51. The molecule has 0 aliphatic rings. The fourth-order valence-corrected chi connectivity index (χ4v) is 2.83. The number of thioether (sulfide) groups is 1. The van der Waals surface area contributed by atoms with Crippen molar-refractivity contribution in [1.29, 1.82) is 0 Å². The van der Waals surface area contributed by atoms with E-state index >= 15 is 0 Å². The van der Waals surface area contributed by atoms with E-state index in [1.54, 1.807) is 13.8 Å². The topological polar surface area (TPSA) is 55.4 Å². The minimum absolute atomic E-state index is 0.343. The molecule has 2 atom stereocenters. The van der Waals surface area contributed by atoms with Crippen molar-refractivity contribution in [2.75, 3.05) is 5.32 Å². The molecule has 126 valence electrons. The first kappa shape index (κ1) is 18.1. The van der Waals surface area contributed by atoms with Crippen LogP contribution in [0.2, 0.25) is 0 Å². The second-order valence-corrected chi connectivity index (χ2v) is 6.92. The molecular formula is C19H21NO3S. The third-order valence-corrected chi connectivity index (χ3v) is 4.46. The SMILES string of the molecule is Cc1ccc(NC(=O)[C@H](C)OC(=O)[C@H](C)Sc2ccccc2)cc1. The summed E-state index contributed by atoms with van der Waals surface area (Å²) in [6.07, 6.45) is -0.849. The lowest BCUT2D eigenvalue weighted by Crippen LogP contribution is -2.32. The third kappa shape index (κ3) is 5.42. The highest BCUT2D eigenvalue weighted by molar-refractivity contribution is 8.00. The molecule has 0 radical (unpaired) electrons. The summed E-state index contributed by atoms with van der Waals surface area (Å²) in [5.74, 6) is -0.750. The minimum atomic E-state index is -0.849. The number of carbonyl (C=O) groups is 2. The summed E-state index contributed by atoms with van der Waals surface area (Å²) in [5, 5.41) is 2.35. The number of esters is 1. The molecule has 2 aromatic rings. The standard InChI is InChI=1S/C19H21NO3S/c1-13-9-11-16(12-10-13)20-18(21)14(2)23-19(22)15(3)24-17-7-5-4-6-8-17/h4-12,14-15H,1-3H3,(H,20,21)/t14-,15-/m0/s1. The largest absolute Gasteiger partial charge is 0.452 e. The quantitative estimate of drug-likeness (QED) is 0.635. The molecule has 0 bridgehead atoms. The number of benzene rings is 2. The predicted octanol–water partition coefficient (Wildman–Crippen LogP) is 4.05. The number of aryl methyl sites for hydroxylation is 1. The maximum Gasteiger partial charge on any atom is 0.319 e. The molecule has 0 spiro atoms. The first-order chi connectivity index (χ1) is 11.5. The zero-order chi connectivity index (χ0) is 17.5. The molecule has 1 amide bonds. The van der Waals surface area contributed by atoms with Gasteiger partial charge in [-0.25, -0.2) is 0 Å². The first-order valence-corrected chi connectivity index (χ1v) is 8.63. The van der Waals surface area contributed by atoms with Crippen LogP contribution >= 0.6 is 11.8 Å². The van der Waals surface area contributed by atoms with Crippen molar-refractivity contribution < 1.29 is 14.3 Å². The number of carbonyl (C=O) groups excluding carboxylic acids is 2. The first-order valence-electron chi connectivity index (χ1n) is 7.75. The van der Waals surface area contributed by atoms with Crippen LogP contribution in [0.4, 0.5) is 5.69 Å². The summed E-state index contributed by atoms with van der Waals surface area (Å²) in [6.45, 7) is 5.31. The molecule has 0 aliphatic heterocycles. The van der Waals surface area contributed by atoms with Gasteiger partial charge >= 0.3 is 5.97 Å². The number of anilines is 1. The molecule has 24 heavy (non-hydrogen) atoms. The summed E-state index contributed by atoms with van der Waals surface area (Å²) in [5.41, 5.74) is 1.79. The van der Waals surface area contributed by atoms with Crippen molar-refractivity contribution in [2.45, 2.75) is 37.0 Å². The van der Waals surface area contributed by atoms with Gasteiger partial charge in [0.25, 0.3) is 5.91 Å². The Kier molecular flexibility index (Phi) is 6.44. The van der Waals surface area contributed by atoms with Gasteiger partial charge in [-0.2, -0.15) is 0 Å². The number of nitrogens with one attached hydrogen (secondary N) is 1. The lowest BCUT2D eigenvalue weighted by atomic mass is 10.2. The van der Waals surface area contributed by atoms with Crippen LogP contribution in [-0.4, -0.2) is 23.2 Å². The highest BCUT2D eigenvalue weighted by Gasteiger charge is 2.22. The van der Waals surface area contributed by atoms with Crippen molar-refractivity contribution >= 4 is 29.3 Å². The van der Waals surface area contributed by atoms with Gasteiger partial charge in [-0.3, -0.25) is 9.59 Å². The van der Waals surface area contributed by atoms with Gasteiger partial charge in [-0.15, -0.1) is 11.8 Å². The van der Waals surface area contributed by atoms with E-state index in [-0.39, 0.29) is 11.2 Å². The van der Waals surface area contributed by atoms with Gasteiger partial charge < -0.3 is 10.1 Å². The molecule has 2 aromatic carbocycles. The van der Waals surface area contributed by atoms with E-state index in [9.17, 15) is 9.59 Å². The molecule has 5 heteroatoms. The molecule has 0 heterocycles. The Labute approximate surface area is 146 Å². The van der Waals surface area contributed by atoms with Gasteiger partial charge in [0.2, 0.25) is 0 Å². The van der Waals surface area contributed by atoms with Crippen LogP contribution in [-0.2, 0) is 14.3 Å². The Morgan fingerprint density at radius 1 is 1.00 bits per heavy atom. The van der Waals surface area contributed by atoms with Crippen LogP contribution in [0.3, 0.4) is 0 Å². The number of rotatable bonds is 6. The normalized spacial score (nSPS) is 13.0. The van der Waals surface area contributed by atoms with E-state index in [2.05, 4.69) is 5.32 Å². The summed E-state index contributed by atoms with van der Waals surface area (Å²) in [4.78, 5) is 25.2. The van der Waals surface area contributed by atoms with Crippen LogP contribution < -0.4 is 5.32 Å². The lowest BCUT2D eigenvalue weighted by molar-refractivity contribution is -0.152. The summed E-state index contributed by atoms with van der Waals surface area (Å²) in [7, 11) is 0. The maximum absolute atomic E-state index is 12.1. The van der Waals surface area contributed by atoms with Crippen LogP contribution in [0.25, 0.3) is 0 Å². The van der Waals surface area contributed by atoms with E-state index in [1.807, 2.05) is 61.5 Å². The molecule has 0 aliphatic carbocycles. The lowest BCUT2D eigenvalue weighted by Gasteiger charge is -2.16. The molecular weight excluding hydrogens is 322 g/mol. The summed E-state index contributed by atoms with van der Waals surface area (Å²) < 4.78 is 5.27. The molecule has 0 saturated heterocycles. The Hall–Kier alpha value is -2.27. The number of hydrogen-bond donors (Lipinski definition) is 1. The van der Waals surface area contributed by atoms with E-state index in [1.165, 1.54) is 11.8 Å². The van der Waals surface area contributed by atoms with Crippen molar-refractivity contribution in [2.24, 2.45) is 0 Å². The van der Waals surface area contributed by atoms with Gasteiger partial charge in [0.05, 0.1) is 0 Å². The molecule has 0 saturated carbocycles. The van der Waals surface area contributed by atoms with Crippen LogP contribution in [0.5, 0.6) is 0 Å². The number of ether oxygens (including phenoxy) is 1. The molecule has 1 N–H and O–H groups in total. The predicted molar refractivity (Wildman–Crippen MR) is 97.1 cm³/mol. The third-order valence-electron chi connectivity index (χ3n) is 3.37. The van der Waals surface area contributed by atoms with Gasteiger partial charge in [0, 0.05) is 10.6 Å². The zero-order valence-corrected chi connectivity index (χ0v) is 14.8. The monoisotopic (exact) mass is 343 g/mol. The second kappa shape index (κ2) is 8.55. The smallest absolute Gasteiger partial charge is 0.319 e. The Balaban J connectivity index is 1.85. The molecule has 2 rings (SSSR count). The van der Waals surface area contributed by atoms with E-state index in [0.717, 1.165) is 10.5 Å². The fourth-order valence-electron chi connectivity index (χ4n) is 1.96. The van der Waals surface area contributed by atoms with Crippen molar-refractivity contribution in [1.82, 2.24) is 0 Å². The number of amides is 1. The number of hydrogen-bond acceptors (Lipinski definition) is 4. The molecule has 0 fully saturated rings. The fraction of sp³-hybridized carbons (Fsp3) is 0.263. The van der Waals surface area contributed by atoms with Crippen molar-refractivity contribution in [3.63, 3.8) is 0 Å². The zero-order valence-electron chi connectivity index (χ0n) is 14.0. The minimum Gasteiger partial charge on any atom is -0.452 e. The van der Waals surface area contributed by atoms with Gasteiger partial charge in [-0.05, 0) is 45.0 Å². The van der Waals surface area contributed by atoms with Crippen LogP contribution in [0.15, 0.2) is 59.5 Å². The Morgan fingerprint density at radius 3 is 2.25 bits per heavy atom. The van der Waals surface area contributed by atoms with E-state index in [4.69, 9.17) is 4.74 Å². The van der Waals surface area contributed by atoms with E-state index in [0.29, 0.717) is 5.69 Å². The average Bonchev–Trinajstić information content (AvgIpc) is 2.57. The Bertz CT molecular complexity index is 686. The van der Waals surface area contributed by atoms with Gasteiger partial charge in [-0.1, -0.05) is 35.9 Å². The summed E-state index contributed by atoms with van der Waals surface area (Å²) in [6, 6.07) is 17.1. The van der Waals surface area contributed by atoms with Crippen molar-refractivity contribution in [3.05, 3.63) is 60.2 Å². The molecule has 0 unspecified atom stereocenters. The van der Waals surface area contributed by atoms with Crippen LogP contribution in [0.1, 0.15) is 19.4 Å². The Morgan fingerprint density at radius 2 is 1.62 bits per heavy atom. The van der Waals surface area contributed by atoms with Crippen LogP contribution in [0, 0.1) is 6.92 Å². The highest BCUT2D eigenvalue weighted by Crippen LogP contribution is 2.23.